The second-order valence-electron chi connectivity index (χ2n) is 3.29. The van der Waals surface area contributed by atoms with Crippen LogP contribution in [0.15, 0.2) is 42.5 Å². The predicted molar refractivity (Wildman–Crippen MR) is 58.0 cm³/mol. The van der Waals surface area contributed by atoms with Crippen LogP contribution in [0.5, 0.6) is 0 Å². The lowest BCUT2D eigenvalue weighted by atomic mass is 10.0. The van der Waals surface area contributed by atoms with Crippen molar-refractivity contribution in [1.29, 1.82) is 0 Å². The van der Waals surface area contributed by atoms with Gasteiger partial charge in [-0.1, -0.05) is 24.3 Å². The van der Waals surface area contributed by atoms with Gasteiger partial charge in [-0.05, 0) is 57.9 Å². The van der Waals surface area contributed by atoms with Gasteiger partial charge >= 0.3 is 0 Å². The van der Waals surface area contributed by atoms with Crippen molar-refractivity contribution in [2.75, 3.05) is 0 Å². The summed E-state index contributed by atoms with van der Waals surface area (Å²) in [6.07, 6.45) is 0. The molecule has 0 aromatic heterocycles. The van der Waals surface area contributed by atoms with Crippen molar-refractivity contribution in [3.05, 3.63) is 60.7 Å². The molecule has 0 fully saturated rings. The highest BCUT2D eigenvalue weighted by Crippen LogP contribution is 2.23. The van der Waals surface area contributed by atoms with E-state index in [0.29, 0.717) is 0 Å². The standard InChI is InChI=1S/C14H7/c1-3-7-13-11(5-1)9-10-12-6-2-4-8-14(12)13/h3,5-10H. The maximum Gasteiger partial charge on any atom is -0.00921 e. The summed E-state index contributed by atoms with van der Waals surface area (Å²) in [4.78, 5) is 0. The van der Waals surface area contributed by atoms with Crippen LogP contribution in [0.4, 0.5) is 0 Å². The SMILES string of the molecule is [c]1[c]cc2c(c1)ccc1c[c]ccc12. The Morgan fingerprint density at radius 3 is 2.43 bits per heavy atom. The van der Waals surface area contributed by atoms with E-state index >= 15 is 0 Å². The van der Waals surface area contributed by atoms with E-state index in [-0.39, 0.29) is 0 Å². The number of rotatable bonds is 0. The Labute approximate surface area is 82.8 Å². The third-order valence-electron chi connectivity index (χ3n) is 2.47. The monoisotopic (exact) mass is 175 g/mol. The highest BCUT2D eigenvalue weighted by molar-refractivity contribution is 6.07. The third-order valence-corrected chi connectivity index (χ3v) is 2.47. The summed E-state index contributed by atoms with van der Waals surface area (Å²) < 4.78 is 0. The van der Waals surface area contributed by atoms with Crippen molar-refractivity contribution in [2.24, 2.45) is 0 Å². The summed E-state index contributed by atoms with van der Waals surface area (Å²) in [6, 6.07) is 23.2. The normalized spacial score (nSPS) is 10.9. The highest BCUT2D eigenvalue weighted by atomic mass is 14.0. The maximum absolute atomic E-state index is 3.08. The molecular formula is C14H7. The van der Waals surface area contributed by atoms with Gasteiger partial charge in [-0.15, -0.1) is 0 Å². The van der Waals surface area contributed by atoms with E-state index in [2.05, 4.69) is 36.4 Å². The molecule has 0 bridgehead atoms. The number of hydrogen-bond donors (Lipinski definition) is 0. The fourth-order valence-electron chi connectivity index (χ4n) is 1.77. The van der Waals surface area contributed by atoms with Crippen LogP contribution >= 0.6 is 0 Å². The van der Waals surface area contributed by atoms with E-state index in [1.165, 1.54) is 21.5 Å². The largest absolute Gasteiger partial charge is 0.0537 e. The molecule has 0 aliphatic carbocycles. The summed E-state index contributed by atoms with van der Waals surface area (Å²) in [5, 5.41) is 4.92. The van der Waals surface area contributed by atoms with E-state index in [1.54, 1.807) is 0 Å². The average molecular weight is 175 g/mol. The lowest BCUT2D eigenvalue weighted by Gasteiger charge is -2.01. The Hall–Kier alpha value is -1.82. The van der Waals surface area contributed by atoms with Crippen LogP contribution in [-0.2, 0) is 0 Å². The zero-order chi connectivity index (χ0) is 9.38. The van der Waals surface area contributed by atoms with Crippen molar-refractivity contribution in [2.45, 2.75) is 0 Å². The predicted octanol–water partition coefficient (Wildman–Crippen LogP) is 3.39. The Kier molecular flexibility index (Phi) is 1.54. The molecule has 0 atom stereocenters. The smallest absolute Gasteiger partial charge is 0.00921 e. The van der Waals surface area contributed by atoms with Gasteiger partial charge in [0, 0.05) is 0 Å². The molecule has 0 heterocycles. The molecule has 0 saturated heterocycles. The molecule has 0 amide bonds. The zero-order valence-corrected chi connectivity index (χ0v) is 7.54. The van der Waals surface area contributed by atoms with Gasteiger partial charge < -0.3 is 0 Å². The molecular weight excluding hydrogens is 168 g/mol. The van der Waals surface area contributed by atoms with E-state index in [0.717, 1.165) is 0 Å². The van der Waals surface area contributed by atoms with Crippen molar-refractivity contribution < 1.29 is 0 Å². The van der Waals surface area contributed by atoms with Gasteiger partial charge in [0.25, 0.3) is 0 Å². The molecule has 3 radical (unpaired) electrons. The molecule has 0 unspecified atom stereocenters. The fraction of sp³-hybridized carbons (Fsp3) is 0. The third kappa shape index (κ3) is 1.01. The molecule has 3 aromatic carbocycles. The lowest BCUT2D eigenvalue weighted by molar-refractivity contribution is 1.73. The Bertz CT molecular complexity index is 539. The van der Waals surface area contributed by atoms with Crippen LogP contribution in [-0.4, -0.2) is 0 Å². The molecule has 0 nitrogen and oxygen atoms in total. The van der Waals surface area contributed by atoms with Crippen molar-refractivity contribution in [1.82, 2.24) is 0 Å². The van der Waals surface area contributed by atoms with E-state index in [9.17, 15) is 0 Å². The number of hydrogen-bond acceptors (Lipinski definition) is 0. The average Bonchev–Trinajstić information content (AvgIpc) is 2.29. The second-order valence-corrected chi connectivity index (χ2v) is 3.29. The van der Waals surface area contributed by atoms with Crippen LogP contribution in [0.25, 0.3) is 21.5 Å². The fourth-order valence-corrected chi connectivity index (χ4v) is 1.77. The summed E-state index contributed by atoms with van der Waals surface area (Å²) in [5.41, 5.74) is 0. The first-order valence-corrected chi connectivity index (χ1v) is 4.55. The Balaban J connectivity index is 2.61. The van der Waals surface area contributed by atoms with Gasteiger partial charge in [0.15, 0.2) is 0 Å². The van der Waals surface area contributed by atoms with Gasteiger partial charge in [0.1, 0.15) is 0 Å². The number of benzene rings is 3. The minimum Gasteiger partial charge on any atom is -0.0537 e. The summed E-state index contributed by atoms with van der Waals surface area (Å²) >= 11 is 0. The molecule has 3 rings (SSSR count). The van der Waals surface area contributed by atoms with Crippen LogP contribution in [0.2, 0.25) is 0 Å². The molecule has 14 heavy (non-hydrogen) atoms. The zero-order valence-electron chi connectivity index (χ0n) is 7.54. The van der Waals surface area contributed by atoms with Crippen LogP contribution < -0.4 is 0 Å². The molecule has 0 N–H and O–H groups in total. The van der Waals surface area contributed by atoms with Gasteiger partial charge in [-0.25, -0.2) is 0 Å². The first kappa shape index (κ1) is 7.57. The van der Waals surface area contributed by atoms with Gasteiger partial charge in [0.05, 0.1) is 0 Å². The minimum absolute atomic E-state index is 1.21. The van der Waals surface area contributed by atoms with Crippen LogP contribution in [0, 0.1) is 18.2 Å². The van der Waals surface area contributed by atoms with Crippen LogP contribution in [0.1, 0.15) is 0 Å². The van der Waals surface area contributed by atoms with E-state index in [4.69, 9.17) is 0 Å². The van der Waals surface area contributed by atoms with Gasteiger partial charge in [0.2, 0.25) is 0 Å². The molecule has 0 heteroatoms. The molecule has 3 aromatic rings. The van der Waals surface area contributed by atoms with Crippen LogP contribution in [0.3, 0.4) is 0 Å². The minimum atomic E-state index is 1.21. The van der Waals surface area contributed by atoms with Crippen molar-refractivity contribution in [3.8, 4) is 0 Å². The van der Waals surface area contributed by atoms with E-state index < -0.39 is 0 Å². The molecule has 0 saturated carbocycles. The molecule has 0 aliphatic heterocycles. The second kappa shape index (κ2) is 2.85. The first-order chi connectivity index (χ1) is 6.95. The van der Waals surface area contributed by atoms with E-state index in [1.807, 2.05) is 24.3 Å². The first-order valence-electron chi connectivity index (χ1n) is 4.55. The summed E-state index contributed by atoms with van der Waals surface area (Å²) in [5.74, 6) is 0. The molecule has 0 aliphatic rings. The molecule has 63 valence electrons. The number of fused-ring (bicyclic) bond motifs is 3. The molecule has 0 spiro atoms. The maximum atomic E-state index is 3.08. The Morgan fingerprint density at radius 1 is 0.714 bits per heavy atom. The Morgan fingerprint density at radius 2 is 1.50 bits per heavy atom. The van der Waals surface area contributed by atoms with Crippen molar-refractivity contribution in [3.63, 3.8) is 0 Å². The summed E-state index contributed by atoms with van der Waals surface area (Å²) in [6.45, 7) is 0. The van der Waals surface area contributed by atoms with Crippen molar-refractivity contribution >= 4 is 21.5 Å². The topological polar surface area (TPSA) is 0 Å². The highest BCUT2D eigenvalue weighted by Gasteiger charge is 1.97. The summed E-state index contributed by atoms with van der Waals surface area (Å²) in [7, 11) is 0. The van der Waals surface area contributed by atoms with Gasteiger partial charge in [-0.2, -0.15) is 0 Å². The van der Waals surface area contributed by atoms with Gasteiger partial charge in [-0.3, -0.25) is 0 Å². The lowest BCUT2D eigenvalue weighted by Crippen LogP contribution is -1.76. The quantitative estimate of drug-likeness (QED) is 0.459.